The highest BCUT2D eigenvalue weighted by molar-refractivity contribution is 6.30. The van der Waals surface area contributed by atoms with Gasteiger partial charge in [0.15, 0.2) is 5.82 Å². The summed E-state index contributed by atoms with van der Waals surface area (Å²) in [5.41, 5.74) is 2.05. The van der Waals surface area contributed by atoms with Crippen molar-refractivity contribution in [2.75, 3.05) is 0 Å². The maximum atomic E-state index is 5.98. The monoisotopic (exact) mass is 300 g/mol. The second-order valence-corrected chi connectivity index (χ2v) is 5.74. The first-order valence-corrected chi connectivity index (χ1v) is 7.34. The van der Waals surface area contributed by atoms with E-state index in [1.165, 1.54) is 0 Å². The predicted molar refractivity (Wildman–Crippen MR) is 85.9 cm³/mol. The van der Waals surface area contributed by atoms with Crippen LogP contribution in [0.25, 0.3) is 16.7 Å². The molecular weight excluding hydrogens is 284 g/mol. The van der Waals surface area contributed by atoms with Crippen LogP contribution in [0.3, 0.4) is 0 Å². The van der Waals surface area contributed by atoms with Crippen LogP contribution in [-0.2, 0) is 6.54 Å². The zero-order chi connectivity index (χ0) is 14.8. The molecule has 0 unspecified atom stereocenters. The maximum Gasteiger partial charge on any atom is 0.158 e. The van der Waals surface area contributed by atoms with Crippen molar-refractivity contribution < 1.29 is 0 Å². The number of hydrogen-bond acceptors (Lipinski definition) is 3. The van der Waals surface area contributed by atoms with Crippen molar-refractivity contribution in [3.05, 3.63) is 53.3 Å². The van der Waals surface area contributed by atoms with Crippen LogP contribution in [0.15, 0.2) is 42.7 Å². The van der Waals surface area contributed by atoms with Gasteiger partial charge in [0.1, 0.15) is 0 Å². The molecule has 0 aliphatic rings. The molecule has 5 heteroatoms. The minimum absolute atomic E-state index is 0.408. The molecule has 21 heavy (non-hydrogen) atoms. The van der Waals surface area contributed by atoms with Crippen LogP contribution in [0.4, 0.5) is 0 Å². The molecule has 0 amide bonds. The highest BCUT2D eigenvalue weighted by Gasteiger charge is 2.10. The number of fused-ring (bicyclic) bond motifs is 1. The Hall–Kier alpha value is -1.91. The zero-order valence-corrected chi connectivity index (χ0v) is 12.8. The number of para-hydroxylation sites is 1. The van der Waals surface area contributed by atoms with Crippen LogP contribution in [-0.4, -0.2) is 20.8 Å². The molecule has 2 heterocycles. The van der Waals surface area contributed by atoms with Crippen LogP contribution in [0, 0.1) is 0 Å². The summed E-state index contributed by atoms with van der Waals surface area (Å²) >= 11 is 5.98. The number of pyridine rings is 1. The van der Waals surface area contributed by atoms with Crippen molar-refractivity contribution in [3.63, 3.8) is 0 Å². The molecule has 2 aromatic heterocycles. The number of rotatable bonds is 4. The summed E-state index contributed by atoms with van der Waals surface area (Å²) in [5, 5.41) is 9.43. The lowest BCUT2D eigenvalue weighted by Gasteiger charge is -2.13. The molecule has 0 aliphatic carbocycles. The number of nitrogens with one attached hydrogen (secondary N) is 1. The van der Waals surface area contributed by atoms with Crippen molar-refractivity contribution in [2.24, 2.45) is 0 Å². The lowest BCUT2D eigenvalue weighted by atomic mass is 10.1. The summed E-state index contributed by atoms with van der Waals surface area (Å²) in [7, 11) is 0. The summed E-state index contributed by atoms with van der Waals surface area (Å²) in [4.78, 5) is 4.74. The molecule has 1 aromatic carbocycles. The third kappa shape index (κ3) is 3.06. The molecule has 0 bridgehead atoms. The molecule has 0 saturated carbocycles. The highest BCUT2D eigenvalue weighted by atomic mass is 35.5. The number of halogens is 1. The third-order valence-electron chi connectivity index (χ3n) is 3.25. The summed E-state index contributed by atoms with van der Waals surface area (Å²) in [6.45, 7) is 4.99. The van der Waals surface area contributed by atoms with Crippen LogP contribution in [0.5, 0.6) is 0 Å². The van der Waals surface area contributed by atoms with Gasteiger partial charge in [0.05, 0.1) is 22.9 Å². The van der Waals surface area contributed by atoms with E-state index in [1.54, 1.807) is 17.1 Å². The second kappa shape index (κ2) is 5.84. The fourth-order valence-corrected chi connectivity index (χ4v) is 2.34. The Morgan fingerprint density at radius 1 is 1.29 bits per heavy atom. The molecule has 0 saturated heterocycles. The van der Waals surface area contributed by atoms with Crippen molar-refractivity contribution >= 4 is 22.5 Å². The van der Waals surface area contributed by atoms with Gasteiger partial charge in [-0.1, -0.05) is 43.6 Å². The van der Waals surface area contributed by atoms with Gasteiger partial charge in [0.25, 0.3) is 0 Å². The average Bonchev–Trinajstić information content (AvgIpc) is 2.90. The van der Waals surface area contributed by atoms with E-state index in [0.29, 0.717) is 11.1 Å². The minimum atomic E-state index is 0.408. The number of benzene rings is 1. The standard InChI is InChI=1S/C16H17ClN4/c1-11(2)18-8-13-7-12-5-3-4-6-15(12)20-16(13)21-10-14(17)9-19-21/h3-7,9-11,18H,8H2,1-2H3. The quantitative estimate of drug-likeness (QED) is 0.801. The first kappa shape index (κ1) is 14.0. The molecule has 1 N–H and O–H groups in total. The lowest BCUT2D eigenvalue weighted by molar-refractivity contribution is 0.585. The molecule has 4 nitrogen and oxygen atoms in total. The van der Waals surface area contributed by atoms with Crippen molar-refractivity contribution in [2.45, 2.75) is 26.4 Å². The summed E-state index contributed by atoms with van der Waals surface area (Å²) in [6, 6.07) is 10.6. The third-order valence-corrected chi connectivity index (χ3v) is 3.44. The van der Waals surface area contributed by atoms with Gasteiger partial charge in [-0.15, -0.1) is 0 Å². The van der Waals surface area contributed by atoms with E-state index < -0.39 is 0 Å². The Bertz CT molecular complexity index is 764. The van der Waals surface area contributed by atoms with Crippen LogP contribution < -0.4 is 5.32 Å². The van der Waals surface area contributed by atoms with E-state index >= 15 is 0 Å². The van der Waals surface area contributed by atoms with Gasteiger partial charge in [-0.05, 0) is 12.1 Å². The number of hydrogen-bond donors (Lipinski definition) is 1. The normalized spacial score (nSPS) is 11.4. The van der Waals surface area contributed by atoms with E-state index in [-0.39, 0.29) is 0 Å². The van der Waals surface area contributed by atoms with Crippen molar-refractivity contribution in [1.82, 2.24) is 20.1 Å². The Balaban J connectivity index is 2.11. The van der Waals surface area contributed by atoms with E-state index in [1.807, 2.05) is 18.2 Å². The Labute approximate surface area is 128 Å². The van der Waals surface area contributed by atoms with E-state index in [2.05, 4.69) is 36.4 Å². The molecule has 0 fully saturated rings. The van der Waals surface area contributed by atoms with Gasteiger partial charge < -0.3 is 5.32 Å². The molecule has 0 spiro atoms. The molecular formula is C16H17ClN4. The summed E-state index contributed by atoms with van der Waals surface area (Å²) in [6.07, 6.45) is 3.40. The average molecular weight is 301 g/mol. The predicted octanol–water partition coefficient (Wildman–Crippen LogP) is 3.57. The topological polar surface area (TPSA) is 42.7 Å². The smallest absolute Gasteiger partial charge is 0.158 e. The Morgan fingerprint density at radius 3 is 2.81 bits per heavy atom. The largest absolute Gasteiger partial charge is 0.310 e. The molecule has 3 rings (SSSR count). The zero-order valence-electron chi connectivity index (χ0n) is 12.0. The van der Waals surface area contributed by atoms with E-state index in [9.17, 15) is 0 Å². The number of nitrogens with zero attached hydrogens (tertiary/aromatic N) is 3. The fourth-order valence-electron chi connectivity index (χ4n) is 2.21. The first-order chi connectivity index (χ1) is 10.1. The molecule has 0 aliphatic heterocycles. The summed E-state index contributed by atoms with van der Waals surface area (Å²) < 4.78 is 1.73. The van der Waals surface area contributed by atoms with Crippen molar-refractivity contribution in [1.29, 1.82) is 0 Å². The number of aromatic nitrogens is 3. The van der Waals surface area contributed by atoms with Gasteiger partial charge in [0, 0.05) is 23.5 Å². The summed E-state index contributed by atoms with van der Waals surface area (Å²) in [5.74, 6) is 0.814. The molecule has 0 atom stereocenters. The highest BCUT2D eigenvalue weighted by Crippen LogP contribution is 2.20. The fraction of sp³-hybridized carbons (Fsp3) is 0.250. The molecule has 0 radical (unpaired) electrons. The SMILES string of the molecule is CC(C)NCc1cc2ccccc2nc1-n1cc(Cl)cn1. The second-order valence-electron chi connectivity index (χ2n) is 5.30. The van der Waals surface area contributed by atoms with Gasteiger partial charge in [-0.2, -0.15) is 5.10 Å². The minimum Gasteiger partial charge on any atom is -0.310 e. The van der Waals surface area contributed by atoms with Crippen molar-refractivity contribution in [3.8, 4) is 5.82 Å². The van der Waals surface area contributed by atoms with E-state index in [4.69, 9.17) is 16.6 Å². The van der Waals surface area contributed by atoms with Gasteiger partial charge in [-0.25, -0.2) is 9.67 Å². The van der Waals surface area contributed by atoms with Crippen LogP contribution >= 0.6 is 11.6 Å². The van der Waals surface area contributed by atoms with Gasteiger partial charge in [0.2, 0.25) is 0 Å². The molecule has 108 valence electrons. The van der Waals surface area contributed by atoms with E-state index in [0.717, 1.165) is 28.8 Å². The van der Waals surface area contributed by atoms with Gasteiger partial charge in [-0.3, -0.25) is 0 Å². The Kier molecular flexibility index (Phi) is 3.90. The Morgan fingerprint density at radius 2 is 2.10 bits per heavy atom. The van der Waals surface area contributed by atoms with Gasteiger partial charge >= 0.3 is 0 Å². The van der Waals surface area contributed by atoms with Crippen LogP contribution in [0.2, 0.25) is 5.02 Å². The molecule has 3 aromatic rings. The maximum absolute atomic E-state index is 5.98. The first-order valence-electron chi connectivity index (χ1n) is 6.96. The van der Waals surface area contributed by atoms with Crippen LogP contribution in [0.1, 0.15) is 19.4 Å². The lowest BCUT2D eigenvalue weighted by Crippen LogP contribution is -2.23.